The van der Waals surface area contributed by atoms with Gasteiger partial charge in [-0.3, -0.25) is 0 Å². The van der Waals surface area contributed by atoms with Gasteiger partial charge < -0.3 is 11.5 Å². The van der Waals surface area contributed by atoms with Crippen molar-refractivity contribution < 1.29 is 0 Å². The zero-order valence-corrected chi connectivity index (χ0v) is 15.5. The highest BCUT2D eigenvalue weighted by molar-refractivity contribution is 4.61. The highest BCUT2D eigenvalue weighted by Crippen LogP contribution is 2.21. The smallest absolute Gasteiger partial charge is 0.00746 e. The highest BCUT2D eigenvalue weighted by Gasteiger charge is 2.07. The summed E-state index contributed by atoms with van der Waals surface area (Å²) in [5.74, 6) is 0.897. The third-order valence-electron chi connectivity index (χ3n) is 4.86. The van der Waals surface area contributed by atoms with Crippen LogP contribution in [0.5, 0.6) is 0 Å². The Bertz CT molecular complexity index is 194. The summed E-state index contributed by atoms with van der Waals surface area (Å²) < 4.78 is 0. The summed E-state index contributed by atoms with van der Waals surface area (Å²) in [5.41, 5.74) is 11.3. The van der Waals surface area contributed by atoms with E-state index in [4.69, 9.17) is 11.5 Å². The van der Waals surface area contributed by atoms with E-state index in [1.807, 2.05) is 0 Å². The maximum Gasteiger partial charge on any atom is -0.00746 e. The van der Waals surface area contributed by atoms with E-state index in [1.165, 1.54) is 103 Å². The van der Waals surface area contributed by atoms with Gasteiger partial charge in [-0.15, -0.1) is 0 Å². The number of hydrogen-bond donors (Lipinski definition) is 2. The number of hydrogen-bond acceptors (Lipinski definition) is 2. The van der Waals surface area contributed by atoms with E-state index in [2.05, 4.69) is 6.92 Å². The maximum atomic E-state index is 5.79. The van der Waals surface area contributed by atoms with Crippen molar-refractivity contribution in [1.29, 1.82) is 0 Å². The molecule has 0 aliphatic heterocycles. The fourth-order valence-electron chi connectivity index (χ4n) is 3.34. The zero-order valence-electron chi connectivity index (χ0n) is 15.5. The molecular formula is C20H44N2. The first-order valence-electron chi connectivity index (χ1n) is 10.2. The first-order valence-corrected chi connectivity index (χ1v) is 10.2. The van der Waals surface area contributed by atoms with Crippen LogP contribution in [0.2, 0.25) is 0 Å². The van der Waals surface area contributed by atoms with Crippen LogP contribution in [0.15, 0.2) is 0 Å². The van der Waals surface area contributed by atoms with Crippen LogP contribution in [0.4, 0.5) is 0 Å². The lowest BCUT2D eigenvalue weighted by Gasteiger charge is -2.16. The van der Waals surface area contributed by atoms with E-state index in [1.54, 1.807) is 0 Å². The molecule has 0 rings (SSSR count). The molecule has 0 saturated heterocycles. The second-order valence-electron chi connectivity index (χ2n) is 7.05. The molecule has 0 bridgehead atoms. The monoisotopic (exact) mass is 312 g/mol. The maximum absolute atomic E-state index is 5.79. The summed E-state index contributed by atoms with van der Waals surface area (Å²) in [5, 5.41) is 0. The Morgan fingerprint density at radius 2 is 0.955 bits per heavy atom. The Labute approximate surface area is 140 Å². The van der Waals surface area contributed by atoms with Crippen molar-refractivity contribution in [2.24, 2.45) is 17.4 Å². The molecule has 134 valence electrons. The van der Waals surface area contributed by atoms with Gasteiger partial charge in [-0.25, -0.2) is 0 Å². The normalized spacial score (nSPS) is 12.7. The second-order valence-corrected chi connectivity index (χ2v) is 7.05. The van der Waals surface area contributed by atoms with Crippen molar-refractivity contribution in [3.63, 3.8) is 0 Å². The Kier molecular flexibility index (Phi) is 18.9. The Hall–Kier alpha value is -0.0800. The fourth-order valence-corrected chi connectivity index (χ4v) is 3.34. The predicted octanol–water partition coefficient (Wildman–Crippen LogP) is 5.78. The molecule has 0 fully saturated rings. The van der Waals surface area contributed by atoms with Gasteiger partial charge in [-0.05, 0) is 31.8 Å². The molecule has 0 amide bonds. The minimum Gasteiger partial charge on any atom is -0.330 e. The molecule has 0 aliphatic rings. The lowest BCUT2D eigenvalue weighted by atomic mass is 9.91. The molecule has 1 unspecified atom stereocenters. The third-order valence-corrected chi connectivity index (χ3v) is 4.86. The minimum absolute atomic E-state index is 0.860. The van der Waals surface area contributed by atoms with E-state index in [0.29, 0.717) is 0 Å². The van der Waals surface area contributed by atoms with Crippen molar-refractivity contribution in [3.05, 3.63) is 0 Å². The van der Waals surface area contributed by atoms with Crippen LogP contribution >= 0.6 is 0 Å². The van der Waals surface area contributed by atoms with Crippen molar-refractivity contribution in [2.45, 2.75) is 110 Å². The van der Waals surface area contributed by atoms with Crippen LogP contribution in [0.25, 0.3) is 0 Å². The SMILES string of the molecule is CCCCCCCCC(CCN)CCCCCCCCCN. The quantitative estimate of drug-likeness (QED) is 0.315. The molecule has 0 radical (unpaired) electrons. The van der Waals surface area contributed by atoms with Gasteiger partial charge in [0.05, 0.1) is 0 Å². The summed E-state index contributed by atoms with van der Waals surface area (Å²) >= 11 is 0. The lowest BCUT2D eigenvalue weighted by molar-refractivity contribution is 0.384. The van der Waals surface area contributed by atoms with E-state index >= 15 is 0 Å². The molecule has 2 nitrogen and oxygen atoms in total. The van der Waals surface area contributed by atoms with Crippen molar-refractivity contribution in [2.75, 3.05) is 13.1 Å². The summed E-state index contributed by atoms with van der Waals surface area (Å²) in [6.07, 6.45) is 22.1. The van der Waals surface area contributed by atoms with E-state index in [0.717, 1.165) is 19.0 Å². The number of unbranched alkanes of at least 4 members (excludes halogenated alkanes) is 11. The predicted molar refractivity (Wildman–Crippen MR) is 101 cm³/mol. The van der Waals surface area contributed by atoms with Gasteiger partial charge in [0, 0.05) is 0 Å². The fraction of sp³-hybridized carbons (Fsp3) is 1.00. The molecule has 0 aromatic carbocycles. The molecule has 4 N–H and O–H groups in total. The van der Waals surface area contributed by atoms with Crippen LogP contribution in [0.1, 0.15) is 110 Å². The standard InChI is InChI=1S/C20H44N2/c1-2-3-4-5-9-12-15-20(17-19-22)16-13-10-7-6-8-11-14-18-21/h20H,2-19,21-22H2,1H3. The molecule has 0 aliphatic carbocycles. The number of rotatable bonds is 18. The van der Waals surface area contributed by atoms with Gasteiger partial charge >= 0.3 is 0 Å². The van der Waals surface area contributed by atoms with Crippen LogP contribution in [0.3, 0.4) is 0 Å². The Morgan fingerprint density at radius 3 is 1.41 bits per heavy atom. The van der Waals surface area contributed by atoms with Gasteiger partial charge in [-0.1, -0.05) is 96.8 Å². The molecule has 0 aromatic heterocycles. The highest BCUT2D eigenvalue weighted by atomic mass is 14.5. The summed E-state index contributed by atoms with van der Waals surface area (Å²) in [4.78, 5) is 0. The van der Waals surface area contributed by atoms with Crippen LogP contribution in [-0.4, -0.2) is 13.1 Å². The van der Waals surface area contributed by atoms with Crippen LogP contribution in [0, 0.1) is 5.92 Å². The minimum atomic E-state index is 0.860. The lowest BCUT2D eigenvalue weighted by Crippen LogP contribution is -2.09. The van der Waals surface area contributed by atoms with Crippen molar-refractivity contribution in [1.82, 2.24) is 0 Å². The average molecular weight is 313 g/mol. The summed E-state index contributed by atoms with van der Waals surface area (Å²) in [7, 11) is 0. The van der Waals surface area contributed by atoms with Gasteiger partial charge in [0.2, 0.25) is 0 Å². The van der Waals surface area contributed by atoms with Crippen molar-refractivity contribution in [3.8, 4) is 0 Å². The van der Waals surface area contributed by atoms with Gasteiger partial charge in [0.25, 0.3) is 0 Å². The van der Waals surface area contributed by atoms with E-state index in [-0.39, 0.29) is 0 Å². The molecule has 0 spiro atoms. The van der Waals surface area contributed by atoms with Gasteiger partial charge in [-0.2, -0.15) is 0 Å². The van der Waals surface area contributed by atoms with Gasteiger partial charge in [0.1, 0.15) is 0 Å². The Balaban J connectivity index is 3.43. The average Bonchev–Trinajstić information content (AvgIpc) is 2.53. The molecule has 0 heterocycles. The van der Waals surface area contributed by atoms with Gasteiger partial charge in [0.15, 0.2) is 0 Å². The largest absolute Gasteiger partial charge is 0.330 e. The van der Waals surface area contributed by atoms with E-state index < -0.39 is 0 Å². The summed E-state index contributed by atoms with van der Waals surface area (Å²) in [6, 6.07) is 0. The number of nitrogens with two attached hydrogens (primary N) is 2. The summed E-state index contributed by atoms with van der Waals surface area (Å²) in [6.45, 7) is 4.02. The second kappa shape index (κ2) is 19.0. The molecule has 1 atom stereocenters. The first kappa shape index (κ1) is 21.9. The first-order chi connectivity index (χ1) is 10.8. The van der Waals surface area contributed by atoms with Crippen LogP contribution in [-0.2, 0) is 0 Å². The van der Waals surface area contributed by atoms with E-state index in [9.17, 15) is 0 Å². The Morgan fingerprint density at radius 1 is 0.500 bits per heavy atom. The third kappa shape index (κ3) is 16.3. The molecule has 0 aromatic rings. The molecule has 0 saturated carbocycles. The molecular weight excluding hydrogens is 268 g/mol. The topological polar surface area (TPSA) is 52.0 Å². The van der Waals surface area contributed by atoms with Crippen LogP contribution < -0.4 is 11.5 Å². The molecule has 2 heteroatoms. The molecule has 22 heavy (non-hydrogen) atoms. The zero-order chi connectivity index (χ0) is 16.3. The van der Waals surface area contributed by atoms with Crippen molar-refractivity contribution >= 4 is 0 Å².